The monoisotopic (exact) mass is 189 g/mol. The molecule has 0 rings (SSSR count). The zero-order chi connectivity index (χ0) is 9.94. The molecule has 0 heterocycles. The van der Waals surface area contributed by atoms with Crippen molar-refractivity contribution in [1.29, 1.82) is 0 Å². The van der Waals surface area contributed by atoms with Gasteiger partial charge in [-0.2, -0.15) is 5.53 Å². The van der Waals surface area contributed by atoms with Crippen LogP contribution in [0.4, 0.5) is 0 Å². The summed E-state index contributed by atoms with van der Waals surface area (Å²) < 4.78 is 0. The van der Waals surface area contributed by atoms with Crippen molar-refractivity contribution in [2.24, 2.45) is 11.7 Å². The van der Waals surface area contributed by atoms with Gasteiger partial charge in [-0.15, -0.1) is 5.23 Å². The van der Waals surface area contributed by atoms with E-state index in [9.17, 15) is 0 Å². The predicted molar refractivity (Wildman–Crippen MR) is 54.7 cm³/mol. The van der Waals surface area contributed by atoms with E-state index in [0.717, 1.165) is 18.2 Å². The second kappa shape index (κ2) is 9.88. The highest BCUT2D eigenvalue weighted by Crippen LogP contribution is 2.03. The number of nitrogens with zero attached hydrogens (tertiary/aromatic N) is 1. The third-order valence-electron chi connectivity index (χ3n) is 1.86. The van der Waals surface area contributed by atoms with E-state index in [4.69, 9.17) is 11.7 Å². The quantitative estimate of drug-likeness (QED) is 0.240. The lowest BCUT2D eigenvalue weighted by atomic mass is 10.1. The van der Waals surface area contributed by atoms with E-state index in [1.807, 2.05) is 0 Å². The standard InChI is InChI=1S/C8H23N5/c1-2-3-4-5-6-7-8-11-12-13(9)10/h11-12H,2-10H2,1H3. The fourth-order valence-corrected chi connectivity index (χ4v) is 1.14. The first-order valence-corrected chi connectivity index (χ1v) is 5.05. The number of rotatable bonds is 9. The first-order chi connectivity index (χ1) is 6.27. The summed E-state index contributed by atoms with van der Waals surface area (Å²) in [6.07, 6.45) is 7.75. The minimum Gasteiger partial charge on any atom is -0.242 e. The SMILES string of the molecule is CCCCCCCCNNN(N)N. The molecule has 0 spiro atoms. The van der Waals surface area contributed by atoms with Crippen LogP contribution in [0.15, 0.2) is 0 Å². The molecular formula is C8H23N5. The maximum atomic E-state index is 5.11. The van der Waals surface area contributed by atoms with E-state index < -0.39 is 0 Å². The van der Waals surface area contributed by atoms with Crippen LogP contribution >= 0.6 is 0 Å². The maximum absolute atomic E-state index is 5.11. The highest BCUT2D eigenvalue weighted by atomic mass is 15.9. The zero-order valence-corrected chi connectivity index (χ0v) is 8.55. The second-order valence-corrected chi connectivity index (χ2v) is 3.21. The molecule has 13 heavy (non-hydrogen) atoms. The van der Waals surface area contributed by atoms with Gasteiger partial charge in [0.2, 0.25) is 0 Å². The lowest BCUT2D eigenvalue weighted by Crippen LogP contribution is -2.55. The van der Waals surface area contributed by atoms with Gasteiger partial charge in [0.25, 0.3) is 0 Å². The summed E-state index contributed by atoms with van der Waals surface area (Å²) in [5.41, 5.74) is 5.49. The smallest absolute Gasteiger partial charge is 0.0114 e. The first-order valence-electron chi connectivity index (χ1n) is 5.05. The van der Waals surface area contributed by atoms with Gasteiger partial charge in [-0.1, -0.05) is 39.0 Å². The van der Waals surface area contributed by atoms with Crippen LogP contribution in [0, 0.1) is 0 Å². The molecule has 0 atom stereocenters. The molecule has 0 aliphatic rings. The van der Waals surface area contributed by atoms with Crippen LogP contribution in [0.1, 0.15) is 45.4 Å². The summed E-state index contributed by atoms with van der Waals surface area (Å²) in [7, 11) is 0. The third-order valence-corrected chi connectivity index (χ3v) is 1.86. The van der Waals surface area contributed by atoms with Crippen LogP contribution in [0.5, 0.6) is 0 Å². The van der Waals surface area contributed by atoms with Crippen molar-refractivity contribution < 1.29 is 0 Å². The third kappa shape index (κ3) is 11.8. The van der Waals surface area contributed by atoms with E-state index in [1.165, 1.54) is 32.1 Å². The minimum absolute atomic E-state index is 0.900. The van der Waals surface area contributed by atoms with Crippen molar-refractivity contribution in [3.63, 3.8) is 0 Å². The number of hydrogen-bond donors (Lipinski definition) is 4. The molecule has 0 aromatic carbocycles. The van der Waals surface area contributed by atoms with E-state index in [1.54, 1.807) is 0 Å². The Balaban J connectivity index is 2.84. The Bertz CT molecular complexity index is 96.5. The van der Waals surface area contributed by atoms with Crippen molar-refractivity contribution in [2.75, 3.05) is 6.54 Å². The molecule has 0 aromatic heterocycles. The molecule has 80 valence electrons. The number of nitrogens with two attached hydrogens (primary N) is 2. The molecule has 5 nitrogen and oxygen atoms in total. The van der Waals surface area contributed by atoms with E-state index in [0.29, 0.717) is 0 Å². The summed E-state index contributed by atoms with van der Waals surface area (Å²) in [5, 5.41) is 0.914. The van der Waals surface area contributed by atoms with Crippen molar-refractivity contribution >= 4 is 0 Å². The summed E-state index contributed by atoms with van der Waals surface area (Å²) in [6, 6.07) is 0. The Kier molecular flexibility index (Phi) is 9.73. The van der Waals surface area contributed by atoms with E-state index in [-0.39, 0.29) is 0 Å². The van der Waals surface area contributed by atoms with Gasteiger partial charge in [-0.3, -0.25) is 0 Å². The number of hydrogen-bond acceptors (Lipinski definition) is 5. The molecule has 5 heteroatoms. The van der Waals surface area contributed by atoms with Crippen molar-refractivity contribution in [3.05, 3.63) is 0 Å². The zero-order valence-electron chi connectivity index (χ0n) is 8.55. The van der Waals surface area contributed by atoms with Crippen molar-refractivity contribution in [1.82, 2.24) is 16.2 Å². The second-order valence-electron chi connectivity index (χ2n) is 3.21. The fraction of sp³-hybridized carbons (Fsp3) is 1.00. The van der Waals surface area contributed by atoms with Gasteiger partial charge in [0.1, 0.15) is 0 Å². The molecule has 0 aliphatic heterocycles. The largest absolute Gasteiger partial charge is 0.242 e. The Morgan fingerprint density at radius 3 is 2.23 bits per heavy atom. The van der Waals surface area contributed by atoms with Crippen LogP contribution in [0.25, 0.3) is 0 Å². The van der Waals surface area contributed by atoms with E-state index >= 15 is 0 Å². The molecule has 6 N–H and O–H groups in total. The molecule has 0 radical (unpaired) electrons. The highest BCUT2D eigenvalue weighted by Gasteiger charge is 1.90. The lowest BCUT2D eigenvalue weighted by molar-refractivity contribution is 0.157. The van der Waals surface area contributed by atoms with Gasteiger partial charge in [0.15, 0.2) is 0 Å². The van der Waals surface area contributed by atoms with E-state index in [2.05, 4.69) is 17.9 Å². The summed E-state index contributed by atoms with van der Waals surface area (Å²) in [5.74, 6) is 10.2. The Morgan fingerprint density at radius 1 is 1.00 bits per heavy atom. The van der Waals surface area contributed by atoms with Crippen LogP contribution in [-0.4, -0.2) is 11.8 Å². The minimum atomic E-state index is 0.900. The number of unbranched alkanes of at least 4 members (excludes halogenated alkanes) is 5. The Hall–Kier alpha value is -0.200. The predicted octanol–water partition coefficient (Wildman–Crippen LogP) is 0.406. The molecule has 0 aliphatic carbocycles. The summed E-state index contributed by atoms with van der Waals surface area (Å²) in [6.45, 7) is 3.12. The van der Waals surface area contributed by atoms with Crippen LogP contribution in [0.2, 0.25) is 0 Å². The topological polar surface area (TPSA) is 79.3 Å². The van der Waals surface area contributed by atoms with Crippen molar-refractivity contribution in [2.45, 2.75) is 45.4 Å². The van der Waals surface area contributed by atoms with Crippen molar-refractivity contribution in [3.8, 4) is 0 Å². The fourth-order valence-electron chi connectivity index (χ4n) is 1.14. The number of hydrazine groups is 4. The molecule has 0 saturated heterocycles. The molecule has 0 bridgehead atoms. The van der Waals surface area contributed by atoms with Gasteiger partial charge < -0.3 is 0 Å². The summed E-state index contributed by atoms with van der Waals surface area (Å²) in [4.78, 5) is 0. The van der Waals surface area contributed by atoms with Gasteiger partial charge in [-0.25, -0.2) is 17.1 Å². The van der Waals surface area contributed by atoms with Gasteiger partial charge in [-0.05, 0) is 6.42 Å². The van der Waals surface area contributed by atoms with Gasteiger partial charge >= 0.3 is 0 Å². The number of nitrogens with one attached hydrogen (secondary N) is 2. The molecule has 0 fully saturated rings. The molecule has 0 unspecified atom stereocenters. The van der Waals surface area contributed by atoms with Gasteiger partial charge in [0, 0.05) is 6.54 Å². The Labute approximate surface area is 80.7 Å². The molecule has 0 saturated carbocycles. The first kappa shape index (κ1) is 12.8. The molecular weight excluding hydrogens is 166 g/mol. The maximum Gasteiger partial charge on any atom is 0.0114 e. The van der Waals surface area contributed by atoms with Crippen LogP contribution in [0.3, 0.4) is 0 Å². The summed E-state index contributed by atoms with van der Waals surface area (Å²) >= 11 is 0. The van der Waals surface area contributed by atoms with Gasteiger partial charge in [0.05, 0.1) is 0 Å². The average molecular weight is 189 g/mol. The molecule has 0 amide bonds. The Morgan fingerprint density at radius 2 is 1.62 bits per heavy atom. The average Bonchev–Trinajstić information content (AvgIpc) is 2.09. The normalized spacial score (nSPS) is 11.1. The molecule has 0 aromatic rings. The lowest BCUT2D eigenvalue weighted by Gasteiger charge is -2.11. The van der Waals surface area contributed by atoms with Crippen LogP contribution in [-0.2, 0) is 0 Å². The van der Waals surface area contributed by atoms with Crippen LogP contribution < -0.4 is 22.6 Å². The highest BCUT2D eigenvalue weighted by molar-refractivity contribution is 4.45.